The van der Waals surface area contributed by atoms with Crippen LogP contribution in [0.5, 0.6) is 0 Å². The van der Waals surface area contributed by atoms with Gasteiger partial charge in [-0.2, -0.15) is 0 Å². The van der Waals surface area contributed by atoms with Gasteiger partial charge in [0.1, 0.15) is 0 Å². The number of allylic oxidation sites excluding steroid dienone is 2. The van der Waals surface area contributed by atoms with Gasteiger partial charge in [0.15, 0.2) is 0 Å². The molecule has 2 rings (SSSR count). The van der Waals surface area contributed by atoms with Crippen molar-refractivity contribution in [2.45, 2.75) is 33.2 Å². The van der Waals surface area contributed by atoms with Crippen molar-refractivity contribution in [1.29, 1.82) is 0 Å². The summed E-state index contributed by atoms with van der Waals surface area (Å²) in [6, 6.07) is 20.6. The first-order valence-corrected chi connectivity index (χ1v) is 7.59. The third-order valence-corrected chi connectivity index (χ3v) is 3.18. The lowest BCUT2D eigenvalue weighted by molar-refractivity contribution is 0.587. The summed E-state index contributed by atoms with van der Waals surface area (Å²) >= 11 is 0. The minimum Gasteiger partial charge on any atom is -0.359 e. The average Bonchev–Trinajstić information content (AvgIpc) is 2.48. The van der Waals surface area contributed by atoms with E-state index in [-0.39, 0.29) is 5.54 Å². The van der Waals surface area contributed by atoms with Gasteiger partial charge in [0.05, 0.1) is 5.54 Å². The highest BCUT2D eigenvalue weighted by molar-refractivity contribution is 6.11. The van der Waals surface area contributed by atoms with Crippen LogP contribution in [0.3, 0.4) is 0 Å². The summed E-state index contributed by atoms with van der Waals surface area (Å²) in [5.41, 5.74) is 4.35. The van der Waals surface area contributed by atoms with Crippen molar-refractivity contribution in [2.75, 3.05) is 5.32 Å². The van der Waals surface area contributed by atoms with Gasteiger partial charge in [-0.3, -0.25) is 4.99 Å². The van der Waals surface area contributed by atoms with E-state index in [1.165, 1.54) is 0 Å². The molecule has 0 saturated heterocycles. The molecule has 0 aliphatic heterocycles. The Kier molecular flexibility index (Phi) is 5.16. The standard InChI is InChI=1S/C20H24N2/c1-16(22-18-13-9-6-10-14-18)19(15-21-20(2,3)4)17-11-7-5-8-12-17/h5-15,22H,1-4H3. The number of hydrogen-bond acceptors (Lipinski definition) is 2. The second-order valence-corrected chi connectivity index (χ2v) is 6.32. The van der Waals surface area contributed by atoms with Crippen molar-refractivity contribution in [1.82, 2.24) is 0 Å². The molecule has 0 bridgehead atoms. The zero-order valence-electron chi connectivity index (χ0n) is 13.8. The topological polar surface area (TPSA) is 24.4 Å². The lowest BCUT2D eigenvalue weighted by Gasteiger charge is -2.15. The second kappa shape index (κ2) is 7.08. The minimum atomic E-state index is -0.0902. The van der Waals surface area contributed by atoms with Crippen LogP contribution in [0.4, 0.5) is 5.69 Å². The average molecular weight is 292 g/mol. The van der Waals surface area contributed by atoms with Crippen LogP contribution in [-0.4, -0.2) is 11.8 Å². The Morgan fingerprint density at radius 2 is 1.45 bits per heavy atom. The van der Waals surface area contributed by atoms with Crippen LogP contribution >= 0.6 is 0 Å². The number of nitrogens with zero attached hydrogens (tertiary/aromatic N) is 1. The van der Waals surface area contributed by atoms with E-state index in [0.717, 1.165) is 22.5 Å². The highest BCUT2D eigenvalue weighted by atomic mass is 14.9. The first-order chi connectivity index (χ1) is 10.5. The van der Waals surface area contributed by atoms with Gasteiger partial charge in [-0.05, 0) is 45.4 Å². The van der Waals surface area contributed by atoms with Crippen molar-refractivity contribution >= 4 is 17.5 Å². The van der Waals surface area contributed by atoms with Crippen LogP contribution in [0, 0.1) is 0 Å². The second-order valence-electron chi connectivity index (χ2n) is 6.32. The summed E-state index contributed by atoms with van der Waals surface area (Å²) in [7, 11) is 0. The Hall–Kier alpha value is -2.35. The van der Waals surface area contributed by atoms with Gasteiger partial charge in [-0.1, -0.05) is 48.5 Å². The molecule has 2 aromatic carbocycles. The molecule has 1 N–H and O–H groups in total. The molecular weight excluding hydrogens is 268 g/mol. The third kappa shape index (κ3) is 4.88. The smallest absolute Gasteiger partial charge is 0.0524 e. The van der Waals surface area contributed by atoms with Crippen LogP contribution in [0.1, 0.15) is 33.3 Å². The number of rotatable bonds is 4. The van der Waals surface area contributed by atoms with Crippen molar-refractivity contribution in [3.63, 3.8) is 0 Å². The van der Waals surface area contributed by atoms with Gasteiger partial charge < -0.3 is 5.32 Å². The van der Waals surface area contributed by atoms with E-state index in [4.69, 9.17) is 0 Å². The van der Waals surface area contributed by atoms with Gasteiger partial charge in [-0.15, -0.1) is 0 Å². The summed E-state index contributed by atoms with van der Waals surface area (Å²) in [5.74, 6) is 0. The molecule has 114 valence electrons. The molecule has 2 aromatic rings. The van der Waals surface area contributed by atoms with Gasteiger partial charge >= 0.3 is 0 Å². The maximum Gasteiger partial charge on any atom is 0.0524 e. The monoisotopic (exact) mass is 292 g/mol. The fraction of sp³-hybridized carbons (Fsp3) is 0.250. The molecule has 0 aromatic heterocycles. The van der Waals surface area contributed by atoms with Gasteiger partial charge in [0.2, 0.25) is 0 Å². The quantitative estimate of drug-likeness (QED) is 0.750. The van der Waals surface area contributed by atoms with E-state index in [1.807, 2.05) is 30.5 Å². The van der Waals surface area contributed by atoms with Gasteiger partial charge in [-0.25, -0.2) is 0 Å². The van der Waals surface area contributed by atoms with Gasteiger partial charge in [0.25, 0.3) is 0 Å². The maximum atomic E-state index is 4.67. The molecule has 0 fully saturated rings. The highest BCUT2D eigenvalue weighted by Gasteiger charge is 2.08. The number of aliphatic imine (C=N–C) groups is 1. The van der Waals surface area contributed by atoms with E-state index in [2.05, 4.69) is 74.4 Å². The predicted octanol–water partition coefficient (Wildman–Crippen LogP) is 5.40. The maximum absolute atomic E-state index is 4.67. The molecule has 2 heteroatoms. The normalized spacial score (nSPS) is 13.1. The Morgan fingerprint density at radius 3 is 2.00 bits per heavy atom. The number of nitrogens with one attached hydrogen (secondary N) is 1. The Morgan fingerprint density at radius 1 is 0.909 bits per heavy atom. The fourth-order valence-corrected chi connectivity index (χ4v) is 2.07. The molecule has 0 aliphatic carbocycles. The van der Waals surface area contributed by atoms with Crippen molar-refractivity contribution < 1.29 is 0 Å². The van der Waals surface area contributed by atoms with E-state index < -0.39 is 0 Å². The molecule has 22 heavy (non-hydrogen) atoms. The molecule has 0 spiro atoms. The molecule has 0 saturated carbocycles. The first kappa shape index (κ1) is 16.0. The predicted molar refractivity (Wildman–Crippen MR) is 97.3 cm³/mol. The molecule has 0 heterocycles. The number of para-hydroxylation sites is 1. The summed E-state index contributed by atoms with van der Waals surface area (Å²) in [6.45, 7) is 8.40. The zero-order valence-corrected chi connectivity index (χ0v) is 13.8. The lowest BCUT2D eigenvalue weighted by Crippen LogP contribution is -2.10. The van der Waals surface area contributed by atoms with Crippen molar-refractivity contribution in [2.24, 2.45) is 4.99 Å². The van der Waals surface area contributed by atoms with Crippen LogP contribution in [-0.2, 0) is 0 Å². The molecule has 0 amide bonds. The molecule has 0 atom stereocenters. The number of hydrogen-bond donors (Lipinski definition) is 1. The summed E-state index contributed by atoms with van der Waals surface area (Å²) in [6.07, 6.45) is 1.97. The molecule has 0 aliphatic rings. The van der Waals surface area contributed by atoms with E-state index >= 15 is 0 Å². The number of anilines is 1. The first-order valence-electron chi connectivity index (χ1n) is 7.59. The SMILES string of the molecule is CC(Nc1ccccc1)=C(C=NC(C)(C)C)c1ccccc1. The van der Waals surface area contributed by atoms with Gasteiger partial charge in [0, 0.05) is 23.2 Å². The van der Waals surface area contributed by atoms with Crippen LogP contribution in [0.2, 0.25) is 0 Å². The third-order valence-electron chi connectivity index (χ3n) is 3.18. The summed E-state index contributed by atoms with van der Waals surface area (Å²) < 4.78 is 0. The summed E-state index contributed by atoms with van der Waals surface area (Å²) in [4.78, 5) is 4.67. The van der Waals surface area contributed by atoms with Crippen molar-refractivity contribution in [3.05, 3.63) is 71.9 Å². The van der Waals surface area contributed by atoms with Crippen LogP contribution in [0.25, 0.3) is 5.57 Å². The minimum absolute atomic E-state index is 0.0902. The molecule has 0 radical (unpaired) electrons. The Labute approximate surface area is 133 Å². The van der Waals surface area contributed by atoms with E-state index in [9.17, 15) is 0 Å². The Bertz CT molecular complexity index is 647. The largest absolute Gasteiger partial charge is 0.359 e. The lowest BCUT2D eigenvalue weighted by atomic mass is 10.0. The Balaban J connectivity index is 2.38. The fourth-order valence-electron chi connectivity index (χ4n) is 2.07. The van der Waals surface area contributed by atoms with Crippen molar-refractivity contribution in [3.8, 4) is 0 Å². The zero-order chi connectivity index (χ0) is 16.0. The van der Waals surface area contributed by atoms with E-state index in [1.54, 1.807) is 0 Å². The number of benzene rings is 2. The summed E-state index contributed by atoms with van der Waals surface area (Å²) in [5, 5.41) is 3.47. The highest BCUT2D eigenvalue weighted by Crippen LogP contribution is 2.20. The molecule has 2 nitrogen and oxygen atoms in total. The van der Waals surface area contributed by atoms with E-state index in [0.29, 0.717) is 0 Å². The van der Waals surface area contributed by atoms with Crippen LogP contribution in [0.15, 0.2) is 71.4 Å². The molecule has 0 unspecified atom stereocenters. The molecular formula is C20H24N2. The van der Waals surface area contributed by atoms with Crippen LogP contribution < -0.4 is 5.32 Å².